The number of anilines is 2. The minimum atomic E-state index is -0.571. The Balaban J connectivity index is 2.16. The molecule has 0 aliphatic rings. The van der Waals surface area contributed by atoms with Gasteiger partial charge in [0.05, 0.1) is 5.69 Å². The summed E-state index contributed by atoms with van der Waals surface area (Å²) in [6.45, 7) is 0. The van der Waals surface area contributed by atoms with Gasteiger partial charge in [-0.25, -0.2) is 4.39 Å². The molecule has 0 aliphatic carbocycles. The molecule has 0 unspecified atom stereocenters. The number of hydrogen-bond donors (Lipinski definition) is 2. The largest absolute Gasteiger partial charge is 0.396 e. The normalized spacial score (nSPS) is 10.1. The van der Waals surface area contributed by atoms with Crippen LogP contribution in [0.2, 0.25) is 5.15 Å². The van der Waals surface area contributed by atoms with Gasteiger partial charge in [-0.1, -0.05) is 11.6 Å². The average Bonchev–Trinajstić information content (AvgIpc) is 2.35. The van der Waals surface area contributed by atoms with E-state index in [1.165, 1.54) is 24.3 Å². The van der Waals surface area contributed by atoms with Gasteiger partial charge in [-0.3, -0.25) is 4.79 Å². The third-order valence-electron chi connectivity index (χ3n) is 2.13. The van der Waals surface area contributed by atoms with Crippen molar-refractivity contribution >= 4 is 29.0 Å². The van der Waals surface area contributed by atoms with Crippen molar-refractivity contribution in [1.29, 1.82) is 0 Å². The standard InChI is InChI=1S/C11H8ClFN4O/c12-9-3-4-10(17-16-9)15-11(18)6-1-2-7(13)8(14)5-6/h1-5H,14H2,(H,15,17,18). The molecule has 1 heterocycles. The predicted molar refractivity (Wildman–Crippen MR) is 65.8 cm³/mol. The topological polar surface area (TPSA) is 80.9 Å². The van der Waals surface area contributed by atoms with Crippen LogP contribution in [0.15, 0.2) is 30.3 Å². The summed E-state index contributed by atoms with van der Waals surface area (Å²) in [4.78, 5) is 11.8. The monoisotopic (exact) mass is 266 g/mol. The minimum Gasteiger partial charge on any atom is -0.396 e. The number of nitrogens with zero attached hydrogens (tertiary/aromatic N) is 2. The molecular weight excluding hydrogens is 259 g/mol. The van der Waals surface area contributed by atoms with Crippen molar-refractivity contribution in [2.24, 2.45) is 0 Å². The summed E-state index contributed by atoms with van der Waals surface area (Å²) in [5.74, 6) is -0.788. The Morgan fingerprint density at radius 3 is 2.67 bits per heavy atom. The van der Waals surface area contributed by atoms with Gasteiger partial charge in [0, 0.05) is 5.56 Å². The van der Waals surface area contributed by atoms with Gasteiger partial charge in [-0.15, -0.1) is 10.2 Å². The van der Waals surface area contributed by atoms with E-state index in [0.717, 1.165) is 6.07 Å². The molecule has 0 spiro atoms. The van der Waals surface area contributed by atoms with Crippen molar-refractivity contribution in [1.82, 2.24) is 10.2 Å². The first-order chi connectivity index (χ1) is 8.56. The molecule has 0 saturated heterocycles. The first kappa shape index (κ1) is 12.3. The molecule has 2 aromatic rings. The Morgan fingerprint density at radius 1 is 1.28 bits per heavy atom. The second-order valence-electron chi connectivity index (χ2n) is 3.43. The zero-order valence-corrected chi connectivity index (χ0v) is 9.78. The van der Waals surface area contributed by atoms with Crippen LogP contribution in [-0.4, -0.2) is 16.1 Å². The van der Waals surface area contributed by atoms with Crippen LogP contribution < -0.4 is 11.1 Å². The molecule has 0 saturated carbocycles. The molecule has 0 aliphatic heterocycles. The van der Waals surface area contributed by atoms with Gasteiger partial charge in [0.1, 0.15) is 5.82 Å². The van der Waals surface area contributed by atoms with Crippen LogP contribution in [0.3, 0.4) is 0 Å². The van der Waals surface area contributed by atoms with Gasteiger partial charge in [0.25, 0.3) is 5.91 Å². The number of rotatable bonds is 2. The van der Waals surface area contributed by atoms with E-state index < -0.39 is 11.7 Å². The van der Waals surface area contributed by atoms with E-state index in [0.29, 0.717) is 0 Å². The maximum Gasteiger partial charge on any atom is 0.256 e. The zero-order chi connectivity index (χ0) is 13.1. The van der Waals surface area contributed by atoms with E-state index in [1.807, 2.05) is 0 Å². The minimum absolute atomic E-state index is 0.0927. The lowest BCUT2D eigenvalue weighted by Crippen LogP contribution is -2.13. The fourth-order valence-electron chi connectivity index (χ4n) is 1.26. The summed E-state index contributed by atoms with van der Waals surface area (Å²) >= 11 is 5.56. The first-order valence-corrected chi connectivity index (χ1v) is 5.29. The Labute approximate surface area is 107 Å². The molecule has 1 amide bonds. The summed E-state index contributed by atoms with van der Waals surface area (Å²) in [7, 11) is 0. The molecule has 18 heavy (non-hydrogen) atoms. The number of amides is 1. The highest BCUT2D eigenvalue weighted by Crippen LogP contribution is 2.14. The van der Waals surface area contributed by atoms with Crippen molar-refractivity contribution < 1.29 is 9.18 Å². The molecule has 0 fully saturated rings. The van der Waals surface area contributed by atoms with E-state index in [4.69, 9.17) is 17.3 Å². The number of halogens is 2. The van der Waals surface area contributed by atoms with Gasteiger partial charge in [-0.05, 0) is 30.3 Å². The summed E-state index contributed by atoms with van der Waals surface area (Å²) in [5.41, 5.74) is 5.51. The predicted octanol–water partition coefficient (Wildman–Crippen LogP) is 2.10. The molecule has 1 aromatic carbocycles. The second kappa shape index (κ2) is 4.97. The molecule has 2 rings (SSSR count). The number of hydrogen-bond acceptors (Lipinski definition) is 4. The summed E-state index contributed by atoms with van der Waals surface area (Å²) in [6.07, 6.45) is 0. The van der Waals surface area contributed by atoms with Crippen molar-refractivity contribution in [3.8, 4) is 0 Å². The number of nitrogen functional groups attached to an aromatic ring is 1. The van der Waals surface area contributed by atoms with E-state index >= 15 is 0 Å². The van der Waals surface area contributed by atoms with Crippen molar-refractivity contribution in [3.63, 3.8) is 0 Å². The van der Waals surface area contributed by atoms with E-state index in [9.17, 15) is 9.18 Å². The highest BCUT2D eigenvalue weighted by atomic mass is 35.5. The third kappa shape index (κ3) is 2.72. The van der Waals surface area contributed by atoms with E-state index in [2.05, 4.69) is 15.5 Å². The SMILES string of the molecule is Nc1cc(C(=O)Nc2ccc(Cl)nn2)ccc1F. The molecular formula is C11H8ClFN4O. The van der Waals surface area contributed by atoms with Crippen molar-refractivity contribution in [3.05, 3.63) is 46.9 Å². The molecule has 0 bridgehead atoms. The van der Waals surface area contributed by atoms with Crippen molar-refractivity contribution in [2.75, 3.05) is 11.1 Å². The van der Waals surface area contributed by atoms with Gasteiger partial charge in [-0.2, -0.15) is 0 Å². The van der Waals surface area contributed by atoms with Crippen LogP contribution in [0.5, 0.6) is 0 Å². The number of carbonyl (C=O) groups is 1. The Hall–Kier alpha value is -2.21. The lowest BCUT2D eigenvalue weighted by molar-refractivity contribution is 0.102. The first-order valence-electron chi connectivity index (χ1n) is 4.92. The van der Waals surface area contributed by atoms with E-state index in [-0.39, 0.29) is 22.2 Å². The highest BCUT2D eigenvalue weighted by Gasteiger charge is 2.09. The van der Waals surface area contributed by atoms with E-state index in [1.54, 1.807) is 0 Å². The second-order valence-corrected chi connectivity index (χ2v) is 3.82. The quantitative estimate of drug-likeness (QED) is 0.816. The lowest BCUT2D eigenvalue weighted by atomic mass is 10.2. The number of aromatic nitrogens is 2. The van der Waals surface area contributed by atoms with Gasteiger partial charge < -0.3 is 11.1 Å². The average molecular weight is 267 g/mol. The van der Waals surface area contributed by atoms with Crippen molar-refractivity contribution in [2.45, 2.75) is 0 Å². The summed E-state index contributed by atoms with van der Waals surface area (Å²) in [6, 6.07) is 6.68. The summed E-state index contributed by atoms with van der Waals surface area (Å²) in [5, 5.41) is 9.94. The lowest BCUT2D eigenvalue weighted by Gasteiger charge is -2.04. The fraction of sp³-hybridized carbons (Fsp3) is 0. The Bertz CT molecular complexity index is 588. The molecule has 0 radical (unpaired) electrons. The molecule has 0 atom stereocenters. The molecule has 3 N–H and O–H groups in total. The summed E-state index contributed by atoms with van der Waals surface area (Å²) < 4.78 is 12.9. The molecule has 5 nitrogen and oxygen atoms in total. The molecule has 7 heteroatoms. The highest BCUT2D eigenvalue weighted by molar-refractivity contribution is 6.29. The van der Waals surface area contributed by atoms with Crippen LogP contribution in [0.1, 0.15) is 10.4 Å². The van der Waals surface area contributed by atoms with Crippen LogP contribution in [-0.2, 0) is 0 Å². The number of benzene rings is 1. The fourth-order valence-corrected chi connectivity index (χ4v) is 1.36. The maximum absolute atomic E-state index is 12.9. The number of nitrogens with two attached hydrogens (primary N) is 1. The zero-order valence-electron chi connectivity index (χ0n) is 9.02. The Morgan fingerprint density at radius 2 is 2.06 bits per heavy atom. The van der Waals surface area contributed by atoms with Crippen LogP contribution >= 0.6 is 11.6 Å². The van der Waals surface area contributed by atoms with Gasteiger partial charge in [0.15, 0.2) is 11.0 Å². The molecule has 1 aromatic heterocycles. The molecule has 92 valence electrons. The van der Waals surface area contributed by atoms with Crippen LogP contribution in [0.4, 0.5) is 15.9 Å². The Kier molecular flexibility index (Phi) is 3.38. The maximum atomic E-state index is 12.9. The van der Waals surface area contributed by atoms with Gasteiger partial charge in [0.2, 0.25) is 0 Å². The number of nitrogens with one attached hydrogen (secondary N) is 1. The smallest absolute Gasteiger partial charge is 0.256 e. The van der Waals surface area contributed by atoms with Gasteiger partial charge >= 0.3 is 0 Å². The third-order valence-corrected chi connectivity index (χ3v) is 2.33. The van der Waals surface area contributed by atoms with Crippen LogP contribution in [0.25, 0.3) is 0 Å². The number of carbonyl (C=O) groups excluding carboxylic acids is 1. The van der Waals surface area contributed by atoms with Crippen LogP contribution in [0, 0.1) is 5.82 Å².